The van der Waals surface area contributed by atoms with E-state index in [1.807, 2.05) is 0 Å². The number of amides is 1. The predicted octanol–water partition coefficient (Wildman–Crippen LogP) is 2.54. The molecule has 104 valence electrons. The maximum absolute atomic E-state index is 11.8. The first-order chi connectivity index (χ1) is 8.99. The Morgan fingerprint density at radius 1 is 1.26 bits per heavy atom. The summed E-state index contributed by atoms with van der Waals surface area (Å²) in [5.74, 6) is 0.139. The molecule has 1 aliphatic rings. The van der Waals surface area contributed by atoms with Crippen LogP contribution >= 0.6 is 0 Å². The van der Waals surface area contributed by atoms with Crippen LogP contribution in [0.4, 0.5) is 0 Å². The highest BCUT2D eigenvalue weighted by atomic mass is 16.2. The second kappa shape index (κ2) is 5.74. The molecule has 1 aromatic carbocycles. The molecule has 2 rings (SSSR count). The van der Waals surface area contributed by atoms with Crippen LogP contribution in [-0.2, 0) is 4.79 Å². The Balaban J connectivity index is 2.15. The van der Waals surface area contributed by atoms with Gasteiger partial charge in [-0.25, -0.2) is 0 Å². The monoisotopic (exact) mass is 260 g/mol. The Morgan fingerprint density at radius 2 is 1.89 bits per heavy atom. The average Bonchev–Trinajstić information content (AvgIpc) is 2.30. The summed E-state index contributed by atoms with van der Waals surface area (Å²) < 4.78 is 0. The van der Waals surface area contributed by atoms with Crippen molar-refractivity contribution in [2.45, 2.75) is 52.6 Å². The van der Waals surface area contributed by atoms with Gasteiger partial charge in [-0.3, -0.25) is 10.1 Å². The average molecular weight is 260 g/mol. The third-order valence-electron chi connectivity index (χ3n) is 3.91. The van der Waals surface area contributed by atoms with Crippen molar-refractivity contribution in [3.63, 3.8) is 0 Å². The lowest BCUT2D eigenvalue weighted by molar-refractivity contribution is -0.124. The van der Waals surface area contributed by atoms with Gasteiger partial charge in [0.05, 0.1) is 6.04 Å². The number of rotatable bonds is 3. The fourth-order valence-electron chi connectivity index (χ4n) is 3.19. The summed E-state index contributed by atoms with van der Waals surface area (Å²) in [6.45, 7) is 9.37. The van der Waals surface area contributed by atoms with Crippen molar-refractivity contribution in [3.8, 4) is 0 Å². The first kappa shape index (κ1) is 14.1. The van der Waals surface area contributed by atoms with Gasteiger partial charge in [0.15, 0.2) is 0 Å². The molecule has 1 aromatic rings. The summed E-state index contributed by atoms with van der Waals surface area (Å²) in [5.41, 5.74) is 5.22. The van der Waals surface area contributed by atoms with Crippen LogP contribution in [-0.4, -0.2) is 18.5 Å². The number of carbonyl (C=O) groups excluding carboxylic acids is 1. The summed E-state index contributed by atoms with van der Waals surface area (Å²) in [4.78, 5) is 11.8. The van der Waals surface area contributed by atoms with Gasteiger partial charge in [-0.1, -0.05) is 17.7 Å². The molecule has 1 saturated heterocycles. The van der Waals surface area contributed by atoms with Gasteiger partial charge in [-0.2, -0.15) is 0 Å². The number of carbonyl (C=O) groups is 1. The summed E-state index contributed by atoms with van der Waals surface area (Å²) >= 11 is 0. The molecule has 3 nitrogen and oxygen atoms in total. The van der Waals surface area contributed by atoms with Crippen molar-refractivity contribution in [1.82, 2.24) is 10.6 Å². The molecule has 1 aliphatic heterocycles. The zero-order chi connectivity index (χ0) is 14.0. The van der Waals surface area contributed by atoms with Crippen molar-refractivity contribution in [2.75, 3.05) is 6.54 Å². The summed E-state index contributed by atoms with van der Waals surface area (Å²) in [7, 11) is 0. The quantitative estimate of drug-likeness (QED) is 0.877. The molecule has 1 amide bonds. The van der Waals surface area contributed by atoms with Crippen molar-refractivity contribution >= 4 is 5.91 Å². The lowest BCUT2D eigenvalue weighted by Crippen LogP contribution is -2.49. The minimum absolute atomic E-state index is 0.0520. The molecular formula is C16H24N2O. The highest BCUT2D eigenvalue weighted by molar-refractivity contribution is 5.82. The van der Waals surface area contributed by atoms with Crippen molar-refractivity contribution < 1.29 is 4.79 Å². The predicted molar refractivity (Wildman–Crippen MR) is 78.2 cm³/mol. The first-order valence-corrected chi connectivity index (χ1v) is 7.10. The summed E-state index contributed by atoms with van der Waals surface area (Å²) in [6, 6.07) is 4.57. The van der Waals surface area contributed by atoms with Gasteiger partial charge < -0.3 is 5.32 Å². The van der Waals surface area contributed by atoms with Crippen LogP contribution < -0.4 is 10.6 Å². The number of benzene rings is 1. The van der Waals surface area contributed by atoms with Gasteiger partial charge in [0.2, 0.25) is 5.91 Å². The van der Waals surface area contributed by atoms with Crippen molar-refractivity contribution in [1.29, 1.82) is 0 Å². The number of piperidine rings is 1. The summed E-state index contributed by atoms with van der Waals surface area (Å²) in [6.07, 6.45) is 1.99. The Hall–Kier alpha value is -1.35. The molecule has 2 unspecified atom stereocenters. The molecule has 0 saturated carbocycles. The van der Waals surface area contributed by atoms with Crippen molar-refractivity contribution in [3.05, 3.63) is 34.4 Å². The third-order valence-corrected chi connectivity index (χ3v) is 3.91. The standard InChI is InChI=1S/C16H24N2O/c1-10-8-11(2)15(12(3)9-10)13(4)18-14-6-5-7-17-16(14)19/h8-9,13-14,18H,5-7H2,1-4H3,(H,17,19). The van der Waals surface area contributed by atoms with Crippen molar-refractivity contribution in [2.24, 2.45) is 0 Å². The maximum atomic E-state index is 11.8. The number of hydrogen-bond donors (Lipinski definition) is 2. The molecule has 2 N–H and O–H groups in total. The molecule has 0 spiro atoms. The van der Waals surface area contributed by atoms with Crippen LogP contribution in [0.25, 0.3) is 0 Å². The van der Waals surface area contributed by atoms with Crippen LogP contribution in [0.15, 0.2) is 12.1 Å². The lowest BCUT2D eigenvalue weighted by atomic mass is 9.94. The zero-order valence-corrected chi connectivity index (χ0v) is 12.3. The Kier molecular flexibility index (Phi) is 4.25. The maximum Gasteiger partial charge on any atom is 0.237 e. The van der Waals surface area contributed by atoms with E-state index in [1.165, 1.54) is 22.3 Å². The van der Waals surface area contributed by atoms with E-state index in [0.717, 1.165) is 19.4 Å². The fraction of sp³-hybridized carbons (Fsp3) is 0.562. The number of hydrogen-bond acceptors (Lipinski definition) is 2. The van der Waals surface area contributed by atoms with E-state index in [2.05, 4.69) is 50.5 Å². The molecule has 2 atom stereocenters. The molecule has 1 fully saturated rings. The van der Waals surface area contributed by atoms with Gasteiger partial charge in [0.1, 0.15) is 0 Å². The molecule has 0 radical (unpaired) electrons. The SMILES string of the molecule is Cc1cc(C)c(C(C)NC2CCCNC2=O)c(C)c1. The Bertz CT molecular complexity index is 459. The Labute approximate surface area is 115 Å². The Morgan fingerprint density at radius 3 is 2.47 bits per heavy atom. The van der Waals surface area contributed by atoms with Crippen LogP contribution in [0.1, 0.15) is 48.1 Å². The zero-order valence-electron chi connectivity index (χ0n) is 12.3. The third kappa shape index (κ3) is 3.16. The molecule has 0 aliphatic carbocycles. The largest absolute Gasteiger partial charge is 0.355 e. The first-order valence-electron chi connectivity index (χ1n) is 7.10. The van der Waals surface area contributed by atoms with Crippen LogP contribution in [0.3, 0.4) is 0 Å². The second-order valence-electron chi connectivity index (χ2n) is 5.69. The van der Waals surface area contributed by atoms with E-state index in [9.17, 15) is 4.79 Å². The topological polar surface area (TPSA) is 41.1 Å². The van der Waals surface area contributed by atoms with Gasteiger partial charge in [0.25, 0.3) is 0 Å². The fourth-order valence-corrected chi connectivity index (χ4v) is 3.19. The molecule has 19 heavy (non-hydrogen) atoms. The van der Waals surface area contributed by atoms with E-state index in [1.54, 1.807) is 0 Å². The smallest absolute Gasteiger partial charge is 0.237 e. The van der Waals surface area contributed by atoms with E-state index in [4.69, 9.17) is 0 Å². The summed E-state index contributed by atoms with van der Waals surface area (Å²) in [5, 5.41) is 6.40. The molecule has 0 bridgehead atoms. The molecule has 0 aromatic heterocycles. The van der Waals surface area contributed by atoms with Crippen LogP contribution in [0, 0.1) is 20.8 Å². The van der Waals surface area contributed by atoms with E-state index < -0.39 is 0 Å². The van der Waals surface area contributed by atoms with E-state index >= 15 is 0 Å². The minimum Gasteiger partial charge on any atom is -0.355 e. The molecule has 3 heteroatoms. The second-order valence-corrected chi connectivity index (χ2v) is 5.69. The van der Waals surface area contributed by atoms with Gasteiger partial charge in [0, 0.05) is 12.6 Å². The number of aryl methyl sites for hydroxylation is 3. The number of nitrogens with one attached hydrogen (secondary N) is 2. The van der Waals surface area contributed by atoms with E-state index in [0.29, 0.717) is 0 Å². The van der Waals surface area contributed by atoms with Gasteiger partial charge in [-0.15, -0.1) is 0 Å². The van der Waals surface area contributed by atoms with Gasteiger partial charge in [-0.05, 0) is 57.2 Å². The minimum atomic E-state index is -0.0520. The van der Waals surface area contributed by atoms with Crippen LogP contribution in [0.5, 0.6) is 0 Å². The van der Waals surface area contributed by atoms with E-state index in [-0.39, 0.29) is 18.0 Å². The lowest BCUT2D eigenvalue weighted by Gasteiger charge is -2.28. The highest BCUT2D eigenvalue weighted by Crippen LogP contribution is 2.24. The van der Waals surface area contributed by atoms with Gasteiger partial charge >= 0.3 is 0 Å². The highest BCUT2D eigenvalue weighted by Gasteiger charge is 2.24. The molecular weight excluding hydrogens is 236 g/mol. The van der Waals surface area contributed by atoms with Crippen LogP contribution in [0.2, 0.25) is 0 Å². The molecule has 1 heterocycles. The normalized spacial score (nSPS) is 21.1.